The number of nitrogens with zero attached hydrogens (tertiary/aromatic N) is 2. The van der Waals surface area contributed by atoms with E-state index in [1.54, 1.807) is 13.2 Å². The Kier molecular flexibility index (Phi) is 4.26. The highest BCUT2D eigenvalue weighted by molar-refractivity contribution is 6.33. The maximum absolute atomic E-state index is 8.48. The highest BCUT2D eigenvalue weighted by Crippen LogP contribution is 2.28. The molecule has 0 saturated heterocycles. The van der Waals surface area contributed by atoms with Crippen molar-refractivity contribution in [3.05, 3.63) is 23.2 Å². The molecule has 0 heterocycles. The van der Waals surface area contributed by atoms with Crippen molar-refractivity contribution in [1.29, 1.82) is 5.26 Å². The van der Waals surface area contributed by atoms with Crippen LogP contribution >= 0.6 is 11.6 Å². The molecule has 80 valence electrons. The molecule has 15 heavy (non-hydrogen) atoms. The van der Waals surface area contributed by atoms with Gasteiger partial charge in [0.15, 0.2) is 0 Å². The third-order valence-corrected chi connectivity index (χ3v) is 2.43. The smallest absolute Gasteiger partial charge is 0.120 e. The number of halogens is 1. The Hall–Kier alpha value is -1.40. The van der Waals surface area contributed by atoms with Gasteiger partial charge < -0.3 is 9.64 Å². The predicted octanol–water partition coefficient (Wildman–Crippen LogP) is 2.70. The molecular weight excluding hydrogens is 212 g/mol. The van der Waals surface area contributed by atoms with E-state index in [1.807, 2.05) is 24.1 Å². The van der Waals surface area contributed by atoms with E-state index in [0.717, 1.165) is 11.4 Å². The van der Waals surface area contributed by atoms with E-state index in [2.05, 4.69) is 6.07 Å². The van der Waals surface area contributed by atoms with Crippen molar-refractivity contribution in [2.24, 2.45) is 0 Å². The third kappa shape index (κ3) is 3.03. The second-order valence-corrected chi connectivity index (χ2v) is 3.55. The molecule has 0 aliphatic heterocycles. The lowest BCUT2D eigenvalue weighted by molar-refractivity contribution is 0.415. The standard InChI is InChI=1S/C11H13ClN2O/c1-14(7-3-6-13)11-5-4-9(15-2)8-10(11)12/h4-5,8H,3,7H2,1-2H3. The Morgan fingerprint density at radius 3 is 2.80 bits per heavy atom. The van der Waals surface area contributed by atoms with Gasteiger partial charge in [-0.05, 0) is 12.1 Å². The lowest BCUT2D eigenvalue weighted by atomic mass is 10.2. The zero-order valence-corrected chi connectivity index (χ0v) is 9.58. The second-order valence-electron chi connectivity index (χ2n) is 3.15. The van der Waals surface area contributed by atoms with Gasteiger partial charge in [0.25, 0.3) is 0 Å². The Balaban J connectivity index is 2.81. The molecule has 0 N–H and O–H groups in total. The van der Waals surface area contributed by atoms with Gasteiger partial charge in [0.2, 0.25) is 0 Å². The molecule has 0 atom stereocenters. The predicted molar refractivity (Wildman–Crippen MR) is 61.5 cm³/mol. The summed E-state index contributed by atoms with van der Waals surface area (Å²) >= 11 is 6.08. The lowest BCUT2D eigenvalue weighted by Crippen LogP contribution is -2.18. The molecule has 0 aliphatic carbocycles. The molecule has 0 saturated carbocycles. The molecule has 0 spiro atoms. The monoisotopic (exact) mass is 224 g/mol. The van der Waals surface area contributed by atoms with Crippen LogP contribution in [0.5, 0.6) is 5.75 Å². The van der Waals surface area contributed by atoms with Gasteiger partial charge in [-0.1, -0.05) is 11.6 Å². The van der Waals surface area contributed by atoms with Crippen molar-refractivity contribution < 1.29 is 4.74 Å². The molecule has 0 aromatic heterocycles. The summed E-state index contributed by atoms with van der Waals surface area (Å²) in [5.41, 5.74) is 0.910. The van der Waals surface area contributed by atoms with E-state index in [4.69, 9.17) is 21.6 Å². The van der Waals surface area contributed by atoms with Crippen molar-refractivity contribution in [3.63, 3.8) is 0 Å². The molecule has 0 fully saturated rings. The van der Waals surface area contributed by atoms with Crippen LogP contribution < -0.4 is 9.64 Å². The largest absolute Gasteiger partial charge is 0.497 e. The van der Waals surface area contributed by atoms with E-state index in [1.165, 1.54) is 0 Å². The fourth-order valence-corrected chi connectivity index (χ4v) is 1.58. The minimum Gasteiger partial charge on any atom is -0.497 e. The SMILES string of the molecule is COc1ccc(N(C)CCC#N)c(Cl)c1. The molecule has 0 unspecified atom stereocenters. The summed E-state index contributed by atoms with van der Waals surface area (Å²) in [5, 5.41) is 9.12. The van der Waals surface area contributed by atoms with Crippen LogP contribution in [0, 0.1) is 11.3 Å². The van der Waals surface area contributed by atoms with Gasteiger partial charge in [0.1, 0.15) is 5.75 Å². The van der Waals surface area contributed by atoms with Crippen LogP contribution in [0.25, 0.3) is 0 Å². The number of methoxy groups -OCH3 is 1. The van der Waals surface area contributed by atoms with Gasteiger partial charge in [-0.3, -0.25) is 0 Å². The zero-order chi connectivity index (χ0) is 11.3. The third-order valence-electron chi connectivity index (χ3n) is 2.13. The van der Waals surface area contributed by atoms with E-state index in [-0.39, 0.29) is 0 Å². The highest BCUT2D eigenvalue weighted by atomic mass is 35.5. The maximum atomic E-state index is 8.48. The Morgan fingerprint density at radius 1 is 1.53 bits per heavy atom. The molecule has 0 radical (unpaired) electrons. The molecule has 1 aromatic rings. The quantitative estimate of drug-likeness (QED) is 0.789. The van der Waals surface area contributed by atoms with E-state index < -0.39 is 0 Å². The van der Waals surface area contributed by atoms with E-state index >= 15 is 0 Å². The first kappa shape index (κ1) is 11.7. The van der Waals surface area contributed by atoms with Crippen molar-refractivity contribution >= 4 is 17.3 Å². The first-order chi connectivity index (χ1) is 7.19. The maximum Gasteiger partial charge on any atom is 0.120 e. The number of benzene rings is 1. The molecule has 3 nitrogen and oxygen atoms in total. The van der Waals surface area contributed by atoms with Crippen molar-refractivity contribution in [2.75, 3.05) is 25.6 Å². The summed E-state index contributed by atoms with van der Waals surface area (Å²) in [4.78, 5) is 1.95. The normalized spacial score (nSPS) is 9.47. The first-order valence-corrected chi connectivity index (χ1v) is 4.98. The van der Waals surface area contributed by atoms with Gasteiger partial charge in [0, 0.05) is 19.7 Å². The van der Waals surface area contributed by atoms with Crippen LogP contribution in [-0.4, -0.2) is 20.7 Å². The van der Waals surface area contributed by atoms with Crippen LogP contribution in [-0.2, 0) is 0 Å². The van der Waals surface area contributed by atoms with Crippen molar-refractivity contribution in [1.82, 2.24) is 0 Å². The molecule has 0 amide bonds. The zero-order valence-electron chi connectivity index (χ0n) is 8.83. The van der Waals surface area contributed by atoms with Gasteiger partial charge >= 0.3 is 0 Å². The summed E-state index contributed by atoms with van der Waals surface area (Å²) in [6, 6.07) is 7.60. The van der Waals surface area contributed by atoms with Gasteiger partial charge in [-0.25, -0.2) is 0 Å². The van der Waals surface area contributed by atoms with Crippen LogP contribution in [0.1, 0.15) is 6.42 Å². The number of anilines is 1. The summed E-state index contributed by atoms with van der Waals surface area (Å²) in [6.07, 6.45) is 0.485. The summed E-state index contributed by atoms with van der Waals surface area (Å²) in [6.45, 7) is 0.669. The molecule has 0 aliphatic rings. The number of rotatable bonds is 4. The summed E-state index contributed by atoms with van der Waals surface area (Å²) in [5.74, 6) is 0.734. The Bertz CT molecular complexity index is 373. The molecular formula is C11H13ClN2O. The highest BCUT2D eigenvalue weighted by Gasteiger charge is 2.06. The minimum atomic E-state index is 0.485. The summed E-state index contributed by atoms with van der Waals surface area (Å²) < 4.78 is 5.06. The van der Waals surface area contributed by atoms with Gasteiger partial charge in [0.05, 0.1) is 30.3 Å². The van der Waals surface area contributed by atoms with Gasteiger partial charge in [-0.15, -0.1) is 0 Å². The number of hydrogen-bond acceptors (Lipinski definition) is 3. The minimum absolute atomic E-state index is 0.485. The topological polar surface area (TPSA) is 36.3 Å². The molecule has 4 heteroatoms. The fraction of sp³-hybridized carbons (Fsp3) is 0.364. The van der Waals surface area contributed by atoms with Crippen LogP contribution in [0.4, 0.5) is 5.69 Å². The van der Waals surface area contributed by atoms with Gasteiger partial charge in [-0.2, -0.15) is 5.26 Å². The molecule has 1 rings (SSSR count). The van der Waals surface area contributed by atoms with Crippen molar-refractivity contribution in [2.45, 2.75) is 6.42 Å². The van der Waals surface area contributed by atoms with Crippen LogP contribution in [0.15, 0.2) is 18.2 Å². The second kappa shape index (κ2) is 5.47. The van der Waals surface area contributed by atoms with E-state index in [0.29, 0.717) is 18.0 Å². The average molecular weight is 225 g/mol. The fourth-order valence-electron chi connectivity index (χ4n) is 1.26. The number of hydrogen-bond donors (Lipinski definition) is 0. The molecule has 1 aromatic carbocycles. The van der Waals surface area contributed by atoms with Crippen LogP contribution in [0.2, 0.25) is 5.02 Å². The first-order valence-electron chi connectivity index (χ1n) is 4.60. The Labute approximate surface area is 94.8 Å². The Morgan fingerprint density at radius 2 is 2.27 bits per heavy atom. The number of ether oxygens (including phenoxy) is 1. The van der Waals surface area contributed by atoms with Crippen molar-refractivity contribution in [3.8, 4) is 11.8 Å². The summed E-state index contributed by atoms with van der Waals surface area (Å²) in [7, 11) is 3.51. The average Bonchev–Trinajstić information content (AvgIpc) is 2.25. The molecule has 0 bridgehead atoms. The number of nitriles is 1. The van der Waals surface area contributed by atoms with E-state index in [9.17, 15) is 0 Å². The lowest BCUT2D eigenvalue weighted by Gasteiger charge is -2.19. The van der Waals surface area contributed by atoms with Crippen LogP contribution in [0.3, 0.4) is 0 Å².